The molecule has 0 saturated carbocycles. The molecule has 88 valence electrons. The monoisotopic (exact) mass is 241 g/mol. The van der Waals surface area contributed by atoms with Crippen LogP contribution in [0.25, 0.3) is 0 Å². The van der Waals surface area contributed by atoms with Gasteiger partial charge in [-0.15, -0.1) is 12.4 Å². The minimum Gasteiger partial charge on any atom is -0.384 e. The highest BCUT2D eigenvalue weighted by Crippen LogP contribution is 2.18. The summed E-state index contributed by atoms with van der Waals surface area (Å²) in [6, 6.07) is 5.48. The number of carbonyl (C=O) groups is 1. The van der Waals surface area contributed by atoms with Crippen molar-refractivity contribution < 1.29 is 4.79 Å². The third-order valence-electron chi connectivity index (χ3n) is 2.80. The number of nitrogens with two attached hydrogens (primary N) is 1. The molecule has 2 heterocycles. The first-order chi connectivity index (χ1) is 7.18. The van der Waals surface area contributed by atoms with E-state index in [9.17, 15) is 4.79 Å². The zero-order chi connectivity index (χ0) is 10.8. The van der Waals surface area contributed by atoms with Crippen LogP contribution in [-0.4, -0.2) is 28.4 Å². The second-order valence-corrected chi connectivity index (χ2v) is 3.94. The molecular weight excluding hydrogens is 226 g/mol. The molecule has 5 heteroatoms. The molecule has 0 aromatic carbocycles. The van der Waals surface area contributed by atoms with E-state index in [1.165, 1.54) is 0 Å². The number of aromatic nitrogens is 1. The van der Waals surface area contributed by atoms with E-state index in [-0.39, 0.29) is 18.3 Å². The van der Waals surface area contributed by atoms with E-state index < -0.39 is 0 Å². The smallest absolute Gasteiger partial charge is 0.272 e. The van der Waals surface area contributed by atoms with Gasteiger partial charge in [-0.05, 0) is 31.9 Å². The molecule has 2 N–H and O–H groups in total. The van der Waals surface area contributed by atoms with Crippen molar-refractivity contribution in [3.05, 3.63) is 23.9 Å². The molecule has 0 aliphatic carbocycles. The van der Waals surface area contributed by atoms with Crippen molar-refractivity contribution >= 4 is 24.1 Å². The lowest BCUT2D eigenvalue weighted by Gasteiger charge is -2.20. The fourth-order valence-electron chi connectivity index (χ4n) is 1.95. The number of hydrogen-bond acceptors (Lipinski definition) is 3. The first kappa shape index (κ1) is 12.8. The van der Waals surface area contributed by atoms with Gasteiger partial charge in [0.15, 0.2) is 0 Å². The number of anilines is 1. The van der Waals surface area contributed by atoms with Crippen LogP contribution in [-0.2, 0) is 0 Å². The highest BCUT2D eigenvalue weighted by Gasteiger charge is 2.26. The summed E-state index contributed by atoms with van der Waals surface area (Å²) in [4.78, 5) is 17.9. The maximum Gasteiger partial charge on any atom is 0.272 e. The molecule has 1 aliphatic rings. The average Bonchev–Trinajstić information content (AvgIpc) is 2.63. The van der Waals surface area contributed by atoms with Crippen LogP contribution >= 0.6 is 12.4 Å². The van der Waals surface area contributed by atoms with Gasteiger partial charge in [0.2, 0.25) is 0 Å². The summed E-state index contributed by atoms with van der Waals surface area (Å²) in [6.45, 7) is 2.90. The van der Waals surface area contributed by atoms with Crippen molar-refractivity contribution in [2.45, 2.75) is 25.8 Å². The van der Waals surface area contributed by atoms with E-state index in [0.29, 0.717) is 17.6 Å². The van der Waals surface area contributed by atoms with Gasteiger partial charge in [-0.1, -0.05) is 6.07 Å². The number of carbonyl (C=O) groups excluding carboxylic acids is 1. The minimum absolute atomic E-state index is 0. The standard InChI is InChI=1S/C11H15N3O.ClH/c1-8-4-3-7-14(8)11(15)9-5-2-6-10(12)13-9;/h2,5-6,8H,3-4,7H2,1H3,(H2,12,13);1H. The Bertz CT molecular complexity index is 383. The van der Waals surface area contributed by atoms with Crippen LogP contribution in [0.5, 0.6) is 0 Å². The van der Waals surface area contributed by atoms with Gasteiger partial charge >= 0.3 is 0 Å². The molecule has 2 rings (SSSR count). The van der Waals surface area contributed by atoms with Crippen LogP contribution in [0.2, 0.25) is 0 Å². The van der Waals surface area contributed by atoms with Crippen LogP contribution in [0.15, 0.2) is 18.2 Å². The van der Waals surface area contributed by atoms with Crippen molar-refractivity contribution in [1.29, 1.82) is 0 Å². The summed E-state index contributed by atoms with van der Waals surface area (Å²) in [5, 5.41) is 0. The number of hydrogen-bond donors (Lipinski definition) is 1. The maximum atomic E-state index is 12.0. The van der Waals surface area contributed by atoms with Crippen molar-refractivity contribution in [2.75, 3.05) is 12.3 Å². The van der Waals surface area contributed by atoms with E-state index in [2.05, 4.69) is 11.9 Å². The molecule has 4 nitrogen and oxygen atoms in total. The molecule has 1 aromatic heterocycles. The third kappa shape index (κ3) is 2.44. The van der Waals surface area contributed by atoms with E-state index in [0.717, 1.165) is 19.4 Å². The van der Waals surface area contributed by atoms with E-state index in [4.69, 9.17) is 5.73 Å². The minimum atomic E-state index is -0.00713. The number of rotatable bonds is 1. The zero-order valence-electron chi connectivity index (χ0n) is 9.22. The second-order valence-electron chi connectivity index (χ2n) is 3.94. The summed E-state index contributed by atoms with van der Waals surface area (Å²) >= 11 is 0. The highest BCUT2D eigenvalue weighted by atomic mass is 35.5. The number of pyridine rings is 1. The second kappa shape index (κ2) is 5.16. The molecule has 1 fully saturated rings. The van der Waals surface area contributed by atoms with E-state index >= 15 is 0 Å². The fraction of sp³-hybridized carbons (Fsp3) is 0.455. The first-order valence-corrected chi connectivity index (χ1v) is 5.22. The summed E-state index contributed by atoms with van der Waals surface area (Å²) in [5.41, 5.74) is 6.00. The number of nitrogen functional groups attached to an aromatic ring is 1. The predicted octanol–water partition coefficient (Wildman–Crippen LogP) is 1.71. The lowest BCUT2D eigenvalue weighted by molar-refractivity contribution is 0.0741. The molecule has 0 spiro atoms. The van der Waals surface area contributed by atoms with Crippen molar-refractivity contribution in [1.82, 2.24) is 9.88 Å². The Morgan fingerprint density at radius 1 is 1.56 bits per heavy atom. The molecule has 16 heavy (non-hydrogen) atoms. The Kier molecular flexibility index (Phi) is 4.12. The van der Waals surface area contributed by atoms with Crippen molar-refractivity contribution in [3.8, 4) is 0 Å². The summed E-state index contributed by atoms with van der Waals surface area (Å²) in [7, 11) is 0. The van der Waals surface area contributed by atoms with Crippen LogP contribution in [0, 0.1) is 0 Å². The van der Waals surface area contributed by atoms with Gasteiger partial charge in [0.25, 0.3) is 5.91 Å². The summed E-state index contributed by atoms with van der Waals surface area (Å²) in [5.74, 6) is 0.389. The number of likely N-dealkylation sites (tertiary alicyclic amines) is 1. The van der Waals surface area contributed by atoms with E-state index in [1.807, 2.05) is 4.90 Å². The molecule has 1 aliphatic heterocycles. The van der Waals surface area contributed by atoms with Gasteiger partial charge in [-0.2, -0.15) is 0 Å². The Hall–Kier alpha value is -1.29. The lowest BCUT2D eigenvalue weighted by Crippen LogP contribution is -2.34. The summed E-state index contributed by atoms with van der Waals surface area (Å²) < 4.78 is 0. The van der Waals surface area contributed by atoms with Crippen LogP contribution in [0.1, 0.15) is 30.3 Å². The van der Waals surface area contributed by atoms with Gasteiger partial charge in [-0.25, -0.2) is 4.98 Å². The molecule has 1 unspecified atom stereocenters. The molecule has 1 aromatic rings. The van der Waals surface area contributed by atoms with Gasteiger partial charge in [-0.3, -0.25) is 4.79 Å². The highest BCUT2D eigenvalue weighted by molar-refractivity contribution is 5.93. The van der Waals surface area contributed by atoms with Crippen LogP contribution in [0.3, 0.4) is 0 Å². The maximum absolute atomic E-state index is 12.0. The summed E-state index contributed by atoms with van der Waals surface area (Å²) in [6.07, 6.45) is 2.16. The Balaban J connectivity index is 0.00000128. The molecule has 1 saturated heterocycles. The third-order valence-corrected chi connectivity index (χ3v) is 2.80. The molecule has 1 amide bonds. The van der Waals surface area contributed by atoms with Crippen molar-refractivity contribution in [3.63, 3.8) is 0 Å². The molecule has 1 atom stereocenters. The topological polar surface area (TPSA) is 59.2 Å². The van der Waals surface area contributed by atoms with Crippen LogP contribution < -0.4 is 5.73 Å². The number of amides is 1. The molecule has 0 bridgehead atoms. The van der Waals surface area contributed by atoms with Gasteiger partial charge in [0, 0.05) is 12.6 Å². The first-order valence-electron chi connectivity index (χ1n) is 5.22. The number of halogens is 1. The Morgan fingerprint density at radius 3 is 2.88 bits per heavy atom. The molecule has 0 radical (unpaired) electrons. The van der Waals surface area contributed by atoms with Gasteiger partial charge < -0.3 is 10.6 Å². The normalized spacial score (nSPS) is 19.3. The van der Waals surface area contributed by atoms with Crippen LogP contribution in [0.4, 0.5) is 5.82 Å². The van der Waals surface area contributed by atoms with E-state index in [1.54, 1.807) is 18.2 Å². The average molecular weight is 242 g/mol. The quantitative estimate of drug-likeness (QED) is 0.814. The molecular formula is C11H16ClN3O. The fourth-order valence-corrected chi connectivity index (χ4v) is 1.95. The zero-order valence-corrected chi connectivity index (χ0v) is 10.0. The Labute approximate surface area is 101 Å². The van der Waals surface area contributed by atoms with Gasteiger partial charge in [0.05, 0.1) is 0 Å². The van der Waals surface area contributed by atoms with Crippen molar-refractivity contribution in [2.24, 2.45) is 0 Å². The lowest BCUT2D eigenvalue weighted by atomic mass is 10.2. The Morgan fingerprint density at radius 2 is 2.31 bits per heavy atom. The largest absolute Gasteiger partial charge is 0.384 e. The predicted molar refractivity (Wildman–Crippen MR) is 65.6 cm³/mol. The van der Waals surface area contributed by atoms with Gasteiger partial charge in [0.1, 0.15) is 11.5 Å². The number of nitrogens with zero attached hydrogens (tertiary/aromatic N) is 2. The SMILES string of the molecule is CC1CCCN1C(=O)c1cccc(N)n1.Cl.